The number of nitrogens with one attached hydrogen (secondary N) is 1. The standard InChI is InChI=1S/C16H31NO/c1-17-16(13-15-9-11-18-12-10-15)8-7-14-5-3-2-4-6-14/h14-17H,2-13H2,1H3. The van der Waals surface area contributed by atoms with E-state index >= 15 is 0 Å². The van der Waals surface area contributed by atoms with Crippen LogP contribution in [0.4, 0.5) is 0 Å². The molecule has 1 saturated carbocycles. The average Bonchev–Trinajstić information content (AvgIpc) is 2.45. The number of ether oxygens (including phenoxy) is 1. The molecule has 0 aromatic rings. The summed E-state index contributed by atoms with van der Waals surface area (Å²) in [5, 5.41) is 3.55. The third kappa shape index (κ3) is 4.89. The molecule has 1 N–H and O–H groups in total. The smallest absolute Gasteiger partial charge is 0.0468 e. The average molecular weight is 253 g/mol. The van der Waals surface area contributed by atoms with Crippen LogP contribution in [0.5, 0.6) is 0 Å². The molecule has 1 saturated heterocycles. The zero-order valence-corrected chi connectivity index (χ0v) is 12.1. The van der Waals surface area contributed by atoms with Crippen molar-refractivity contribution in [3.8, 4) is 0 Å². The maximum atomic E-state index is 5.45. The summed E-state index contributed by atoms with van der Waals surface area (Å²) in [6.07, 6.45) is 14.2. The van der Waals surface area contributed by atoms with E-state index in [9.17, 15) is 0 Å². The molecule has 1 aliphatic heterocycles. The van der Waals surface area contributed by atoms with Crippen molar-refractivity contribution in [1.29, 1.82) is 0 Å². The number of rotatable bonds is 6. The van der Waals surface area contributed by atoms with Gasteiger partial charge in [0.1, 0.15) is 0 Å². The van der Waals surface area contributed by atoms with Crippen LogP contribution >= 0.6 is 0 Å². The van der Waals surface area contributed by atoms with Crippen LogP contribution in [0.15, 0.2) is 0 Å². The van der Waals surface area contributed by atoms with Crippen LogP contribution in [0.1, 0.15) is 64.2 Å². The molecule has 0 spiro atoms. The van der Waals surface area contributed by atoms with E-state index in [1.165, 1.54) is 64.2 Å². The van der Waals surface area contributed by atoms with Crippen LogP contribution < -0.4 is 5.32 Å². The molecule has 1 unspecified atom stereocenters. The molecule has 1 aliphatic carbocycles. The first kappa shape index (κ1) is 14.3. The SMILES string of the molecule is CNC(CCC1CCCCC1)CC1CCOCC1. The summed E-state index contributed by atoms with van der Waals surface area (Å²) in [4.78, 5) is 0. The predicted octanol–water partition coefficient (Wildman–Crippen LogP) is 3.75. The van der Waals surface area contributed by atoms with E-state index in [4.69, 9.17) is 4.74 Å². The number of hydrogen-bond acceptors (Lipinski definition) is 2. The van der Waals surface area contributed by atoms with Gasteiger partial charge in [-0.05, 0) is 51.0 Å². The molecular formula is C16H31NO. The van der Waals surface area contributed by atoms with E-state index in [-0.39, 0.29) is 0 Å². The van der Waals surface area contributed by atoms with Crippen LogP contribution in [-0.2, 0) is 4.74 Å². The maximum Gasteiger partial charge on any atom is 0.0468 e. The third-order valence-electron chi connectivity index (χ3n) is 5.02. The molecule has 2 rings (SSSR count). The van der Waals surface area contributed by atoms with Gasteiger partial charge in [0, 0.05) is 19.3 Å². The zero-order chi connectivity index (χ0) is 12.6. The molecular weight excluding hydrogens is 222 g/mol. The lowest BCUT2D eigenvalue weighted by molar-refractivity contribution is 0.0602. The Morgan fingerprint density at radius 1 is 1.00 bits per heavy atom. The summed E-state index contributed by atoms with van der Waals surface area (Å²) < 4.78 is 5.45. The molecule has 0 aromatic carbocycles. The highest BCUT2D eigenvalue weighted by atomic mass is 16.5. The summed E-state index contributed by atoms with van der Waals surface area (Å²) in [5.74, 6) is 1.94. The van der Waals surface area contributed by atoms with E-state index in [2.05, 4.69) is 12.4 Å². The van der Waals surface area contributed by atoms with E-state index < -0.39 is 0 Å². The minimum Gasteiger partial charge on any atom is -0.381 e. The van der Waals surface area contributed by atoms with Gasteiger partial charge in [-0.25, -0.2) is 0 Å². The first-order valence-electron chi connectivity index (χ1n) is 8.13. The molecule has 1 atom stereocenters. The first-order valence-corrected chi connectivity index (χ1v) is 8.13. The Balaban J connectivity index is 1.64. The van der Waals surface area contributed by atoms with Crippen molar-refractivity contribution in [2.75, 3.05) is 20.3 Å². The Morgan fingerprint density at radius 3 is 2.39 bits per heavy atom. The van der Waals surface area contributed by atoms with Gasteiger partial charge in [-0.1, -0.05) is 32.1 Å². The van der Waals surface area contributed by atoms with Crippen LogP contribution in [0.3, 0.4) is 0 Å². The highest BCUT2D eigenvalue weighted by Gasteiger charge is 2.20. The lowest BCUT2D eigenvalue weighted by Gasteiger charge is -2.28. The lowest BCUT2D eigenvalue weighted by Crippen LogP contribution is -2.30. The number of hydrogen-bond donors (Lipinski definition) is 1. The van der Waals surface area contributed by atoms with Crippen LogP contribution in [-0.4, -0.2) is 26.3 Å². The second-order valence-corrected chi connectivity index (χ2v) is 6.36. The molecule has 0 bridgehead atoms. The van der Waals surface area contributed by atoms with Crippen molar-refractivity contribution in [3.63, 3.8) is 0 Å². The molecule has 0 aromatic heterocycles. The highest BCUT2D eigenvalue weighted by Crippen LogP contribution is 2.29. The summed E-state index contributed by atoms with van der Waals surface area (Å²) >= 11 is 0. The van der Waals surface area contributed by atoms with Gasteiger partial charge in [0.05, 0.1) is 0 Å². The molecule has 0 amide bonds. The Morgan fingerprint density at radius 2 is 1.72 bits per heavy atom. The van der Waals surface area contributed by atoms with Crippen molar-refractivity contribution in [3.05, 3.63) is 0 Å². The van der Waals surface area contributed by atoms with Crippen molar-refractivity contribution in [1.82, 2.24) is 5.32 Å². The van der Waals surface area contributed by atoms with Gasteiger partial charge in [-0.15, -0.1) is 0 Å². The molecule has 1 heterocycles. The van der Waals surface area contributed by atoms with Crippen molar-refractivity contribution in [2.24, 2.45) is 11.8 Å². The van der Waals surface area contributed by atoms with Crippen LogP contribution in [0.2, 0.25) is 0 Å². The third-order valence-corrected chi connectivity index (χ3v) is 5.02. The van der Waals surface area contributed by atoms with E-state index in [1.54, 1.807) is 0 Å². The van der Waals surface area contributed by atoms with Crippen molar-refractivity contribution < 1.29 is 4.74 Å². The highest BCUT2D eigenvalue weighted by molar-refractivity contribution is 4.75. The summed E-state index contributed by atoms with van der Waals surface area (Å²) in [7, 11) is 2.14. The summed E-state index contributed by atoms with van der Waals surface area (Å²) in [6.45, 7) is 1.98. The fourth-order valence-electron chi connectivity index (χ4n) is 3.68. The summed E-state index contributed by atoms with van der Waals surface area (Å²) in [5.41, 5.74) is 0. The molecule has 106 valence electrons. The zero-order valence-electron chi connectivity index (χ0n) is 12.1. The Labute approximate surface area is 113 Å². The monoisotopic (exact) mass is 253 g/mol. The second kappa shape index (κ2) is 8.16. The van der Waals surface area contributed by atoms with Crippen molar-refractivity contribution in [2.45, 2.75) is 70.3 Å². The molecule has 2 aliphatic rings. The van der Waals surface area contributed by atoms with Gasteiger partial charge in [0.2, 0.25) is 0 Å². The largest absolute Gasteiger partial charge is 0.381 e. The fraction of sp³-hybridized carbons (Fsp3) is 1.00. The topological polar surface area (TPSA) is 21.3 Å². The fourth-order valence-corrected chi connectivity index (χ4v) is 3.68. The van der Waals surface area contributed by atoms with E-state index in [0.717, 1.165) is 31.1 Å². The maximum absolute atomic E-state index is 5.45. The quantitative estimate of drug-likeness (QED) is 0.778. The molecule has 18 heavy (non-hydrogen) atoms. The minimum absolute atomic E-state index is 0.745. The molecule has 2 fully saturated rings. The van der Waals surface area contributed by atoms with Gasteiger partial charge in [0.15, 0.2) is 0 Å². The Kier molecular flexibility index (Phi) is 6.50. The van der Waals surface area contributed by atoms with Gasteiger partial charge in [-0.2, -0.15) is 0 Å². The van der Waals surface area contributed by atoms with Crippen LogP contribution in [0.25, 0.3) is 0 Å². The van der Waals surface area contributed by atoms with Gasteiger partial charge < -0.3 is 10.1 Å². The first-order chi connectivity index (χ1) is 8.88. The second-order valence-electron chi connectivity index (χ2n) is 6.36. The normalized spacial score (nSPS) is 25.2. The van der Waals surface area contributed by atoms with Gasteiger partial charge in [0.25, 0.3) is 0 Å². The van der Waals surface area contributed by atoms with Crippen molar-refractivity contribution >= 4 is 0 Å². The Hall–Kier alpha value is -0.0800. The minimum atomic E-state index is 0.745. The van der Waals surface area contributed by atoms with Gasteiger partial charge >= 0.3 is 0 Å². The molecule has 2 nitrogen and oxygen atoms in total. The Bertz CT molecular complexity index is 207. The van der Waals surface area contributed by atoms with E-state index in [1.807, 2.05) is 0 Å². The van der Waals surface area contributed by atoms with Gasteiger partial charge in [-0.3, -0.25) is 0 Å². The lowest BCUT2D eigenvalue weighted by atomic mass is 9.83. The molecule has 2 heteroatoms. The predicted molar refractivity (Wildman–Crippen MR) is 76.8 cm³/mol. The van der Waals surface area contributed by atoms with E-state index in [0.29, 0.717) is 0 Å². The summed E-state index contributed by atoms with van der Waals surface area (Å²) in [6, 6.07) is 0.745. The van der Waals surface area contributed by atoms with Crippen LogP contribution in [0, 0.1) is 11.8 Å². The molecule has 0 radical (unpaired) electrons.